The lowest BCUT2D eigenvalue weighted by atomic mass is 10.1. The Labute approximate surface area is 162 Å². The van der Waals surface area contributed by atoms with Gasteiger partial charge in [0.1, 0.15) is 5.56 Å². The molecule has 0 unspecified atom stereocenters. The number of carbonyl (C=O) groups is 1. The van der Waals surface area contributed by atoms with Crippen molar-refractivity contribution in [2.75, 3.05) is 7.11 Å². The molecule has 1 N–H and O–H groups in total. The molecular formula is C20H15NO4S2. The van der Waals surface area contributed by atoms with Crippen molar-refractivity contribution in [3.63, 3.8) is 0 Å². The van der Waals surface area contributed by atoms with Gasteiger partial charge >= 0.3 is 5.63 Å². The molecule has 3 aromatic heterocycles. The third-order valence-corrected chi connectivity index (χ3v) is 5.99. The molecule has 0 aliphatic carbocycles. The first-order chi connectivity index (χ1) is 13.2. The van der Waals surface area contributed by atoms with Crippen LogP contribution in [0.25, 0.3) is 11.0 Å². The molecule has 136 valence electrons. The van der Waals surface area contributed by atoms with Crippen LogP contribution in [0.1, 0.15) is 26.2 Å². The monoisotopic (exact) mass is 397 g/mol. The molecule has 4 rings (SSSR count). The van der Waals surface area contributed by atoms with Crippen LogP contribution in [0, 0.1) is 0 Å². The van der Waals surface area contributed by atoms with Crippen molar-refractivity contribution in [1.29, 1.82) is 0 Å². The van der Waals surface area contributed by atoms with E-state index in [2.05, 4.69) is 5.32 Å². The molecule has 27 heavy (non-hydrogen) atoms. The van der Waals surface area contributed by atoms with Gasteiger partial charge in [0.15, 0.2) is 11.3 Å². The predicted octanol–water partition coefficient (Wildman–Crippen LogP) is 4.44. The summed E-state index contributed by atoms with van der Waals surface area (Å²) in [4.78, 5) is 27.3. The summed E-state index contributed by atoms with van der Waals surface area (Å²) in [6.45, 7) is 0. The summed E-state index contributed by atoms with van der Waals surface area (Å²) in [5.74, 6) is -0.0214. The number of rotatable bonds is 5. The van der Waals surface area contributed by atoms with Gasteiger partial charge in [-0.15, -0.1) is 22.7 Å². The van der Waals surface area contributed by atoms with Crippen LogP contribution in [-0.2, 0) is 0 Å². The highest BCUT2D eigenvalue weighted by Crippen LogP contribution is 2.30. The van der Waals surface area contributed by atoms with E-state index in [9.17, 15) is 9.59 Å². The minimum absolute atomic E-state index is 0.0335. The van der Waals surface area contributed by atoms with Gasteiger partial charge in [0.05, 0.1) is 13.2 Å². The first-order valence-electron chi connectivity index (χ1n) is 8.16. The molecule has 0 atom stereocenters. The van der Waals surface area contributed by atoms with Crippen LogP contribution >= 0.6 is 22.7 Å². The number of ether oxygens (including phenoxy) is 1. The van der Waals surface area contributed by atoms with Crippen LogP contribution in [0.2, 0.25) is 0 Å². The van der Waals surface area contributed by atoms with Crippen molar-refractivity contribution >= 4 is 39.5 Å². The average Bonchev–Trinajstić information content (AvgIpc) is 3.39. The number of benzene rings is 1. The van der Waals surface area contributed by atoms with Crippen molar-refractivity contribution in [1.82, 2.24) is 5.32 Å². The van der Waals surface area contributed by atoms with E-state index in [1.54, 1.807) is 46.9 Å². The Morgan fingerprint density at radius 2 is 1.78 bits per heavy atom. The molecule has 3 heterocycles. The summed E-state index contributed by atoms with van der Waals surface area (Å²) >= 11 is 3.10. The van der Waals surface area contributed by atoms with E-state index >= 15 is 0 Å². The highest BCUT2D eigenvalue weighted by atomic mass is 32.1. The van der Waals surface area contributed by atoms with Crippen molar-refractivity contribution < 1.29 is 13.9 Å². The van der Waals surface area contributed by atoms with Crippen LogP contribution in [0.4, 0.5) is 0 Å². The Balaban J connectivity index is 1.72. The Hall–Kier alpha value is -2.90. The van der Waals surface area contributed by atoms with Gasteiger partial charge in [-0.3, -0.25) is 4.79 Å². The normalized spacial score (nSPS) is 11.0. The lowest BCUT2D eigenvalue weighted by molar-refractivity contribution is 0.0940. The zero-order valence-corrected chi connectivity index (χ0v) is 15.9. The Bertz CT molecular complexity index is 1100. The van der Waals surface area contributed by atoms with Crippen LogP contribution in [0.5, 0.6) is 5.75 Å². The van der Waals surface area contributed by atoms with E-state index in [0.29, 0.717) is 16.7 Å². The third kappa shape index (κ3) is 3.39. The number of methoxy groups -OCH3 is 1. The average molecular weight is 397 g/mol. The molecule has 4 aromatic rings. The molecule has 0 radical (unpaired) electrons. The number of hydrogen-bond acceptors (Lipinski definition) is 6. The molecule has 1 aromatic carbocycles. The summed E-state index contributed by atoms with van der Waals surface area (Å²) in [6.07, 6.45) is 0. The van der Waals surface area contributed by atoms with Gasteiger partial charge < -0.3 is 14.5 Å². The van der Waals surface area contributed by atoms with E-state index in [0.717, 1.165) is 9.75 Å². The Kier molecular flexibility index (Phi) is 4.79. The van der Waals surface area contributed by atoms with Gasteiger partial charge in [-0.25, -0.2) is 4.79 Å². The van der Waals surface area contributed by atoms with E-state index in [1.807, 2.05) is 35.0 Å². The predicted molar refractivity (Wildman–Crippen MR) is 107 cm³/mol. The lowest BCUT2D eigenvalue weighted by Crippen LogP contribution is -2.31. The van der Waals surface area contributed by atoms with Gasteiger partial charge in [0.2, 0.25) is 0 Å². The molecule has 5 nitrogen and oxygen atoms in total. The van der Waals surface area contributed by atoms with Gasteiger partial charge in [0, 0.05) is 15.1 Å². The van der Waals surface area contributed by atoms with Gasteiger partial charge in [-0.2, -0.15) is 0 Å². The third-order valence-electron chi connectivity index (χ3n) is 4.12. The molecule has 0 saturated heterocycles. The molecule has 1 amide bonds. The number of amides is 1. The second-order valence-electron chi connectivity index (χ2n) is 5.76. The minimum atomic E-state index is -0.694. The van der Waals surface area contributed by atoms with Crippen molar-refractivity contribution in [2.45, 2.75) is 6.04 Å². The summed E-state index contributed by atoms with van der Waals surface area (Å²) in [6, 6.07) is 14.3. The number of thiophene rings is 2. The maximum atomic E-state index is 12.9. The maximum Gasteiger partial charge on any atom is 0.349 e. The van der Waals surface area contributed by atoms with E-state index in [-0.39, 0.29) is 11.6 Å². The fourth-order valence-corrected chi connectivity index (χ4v) is 4.50. The second kappa shape index (κ2) is 7.38. The van der Waals surface area contributed by atoms with Crippen LogP contribution in [-0.4, -0.2) is 13.0 Å². The molecule has 7 heteroatoms. The maximum absolute atomic E-state index is 12.9. The fourth-order valence-electron chi connectivity index (χ4n) is 2.84. The van der Waals surface area contributed by atoms with E-state index < -0.39 is 11.5 Å². The Morgan fingerprint density at radius 1 is 1.07 bits per heavy atom. The topological polar surface area (TPSA) is 68.5 Å². The zero-order valence-electron chi connectivity index (χ0n) is 14.3. The first-order valence-corrected chi connectivity index (χ1v) is 9.92. The summed E-state index contributed by atoms with van der Waals surface area (Å²) in [5, 5.41) is 7.50. The van der Waals surface area contributed by atoms with Crippen molar-refractivity contribution in [3.05, 3.63) is 85.0 Å². The molecule has 0 aliphatic heterocycles. The number of carbonyl (C=O) groups excluding carboxylic acids is 1. The molecule has 0 saturated carbocycles. The van der Waals surface area contributed by atoms with Crippen LogP contribution < -0.4 is 15.7 Å². The van der Waals surface area contributed by atoms with Gasteiger partial charge in [-0.1, -0.05) is 24.3 Å². The largest absolute Gasteiger partial charge is 0.493 e. The summed E-state index contributed by atoms with van der Waals surface area (Å²) < 4.78 is 10.6. The SMILES string of the molecule is COc1cccc2cc(C(=O)NC(c3cccs3)c3cccs3)c(=O)oc12. The second-order valence-corrected chi connectivity index (χ2v) is 7.72. The number of hydrogen-bond donors (Lipinski definition) is 1. The minimum Gasteiger partial charge on any atom is -0.493 e. The first kappa shape index (κ1) is 17.5. The Morgan fingerprint density at radius 3 is 2.37 bits per heavy atom. The highest BCUT2D eigenvalue weighted by molar-refractivity contribution is 7.11. The van der Waals surface area contributed by atoms with Gasteiger partial charge in [-0.05, 0) is 35.0 Å². The number of para-hydroxylation sites is 1. The highest BCUT2D eigenvalue weighted by Gasteiger charge is 2.22. The number of fused-ring (bicyclic) bond motifs is 1. The smallest absolute Gasteiger partial charge is 0.349 e. The molecule has 0 aliphatic rings. The molecule has 0 bridgehead atoms. The van der Waals surface area contributed by atoms with Crippen molar-refractivity contribution in [2.24, 2.45) is 0 Å². The quantitative estimate of drug-likeness (QED) is 0.506. The van der Waals surface area contributed by atoms with Crippen LogP contribution in [0.15, 0.2) is 68.5 Å². The van der Waals surface area contributed by atoms with Gasteiger partial charge in [0.25, 0.3) is 5.91 Å². The molecule has 0 spiro atoms. The number of nitrogens with one attached hydrogen (secondary N) is 1. The van der Waals surface area contributed by atoms with E-state index in [1.165, 1.54) is 7.11 Å². The summed E-state index contributed by atoms with van der Waals surface area (Å²) in [5.41, 5.74) is -0.399. The fraction of sp³-hybridized carbons (Fsp3) is 0.100. The van der Waals surface area contributed by atoms with E-state index in [4.69, 9.17) is 9.15 Å². The zero-order chi connectivity index (χ0) is 18.8. The lowest BCUT2D eigenvalue weighted by Gasteiger charge is -2.16. The van der Waals surface area contributed by atoms with Crippen LogP contribution in [0.3, 0.4) is 0 Å². The standard InChI is InChI=1S/C20H15NO4S2/c1-24-14-6-2-5-12-11-13(20(23)25-18(12)14)19(22)21-17(15-7-3-9-26-15)16-8-4-10-27-16/h2-11,17H,1H3,(H,21,22). The molecule has 0 fully saturated rings. The summed E-state index contributed by atoms with van der Waals surface area (Å²) in [7, 11) is 1.50. The van der Waals surface area contributed by atoms with Crippen molar-refractivity contribution in [3.8, 4) is 5.75 Å². The molecular weight excluding hydrogens is 382 g/mol.